The molecule has 0 aromatic heterocycles. The van der Waals surface area contributed by atoms with Crippen LogP contribution in [0.2, 0.25) is 0 Å². The van der Waals surface area contributed by atoms with Crippen molar-refractivity contribution in [3.8, 4) is 0 Å². The molecule has 1 fully saturated rings. The van der Waals surface area contributed by atoms with Crippen molar-refractivity contribution < 1.29 is 9.18 Å². The van der Waals surface area contributed by atoms with Crippen LogP contribution in [0.1, 0.15) is 29.9 Å². The Morgan fingerprint density at radius 3 is 2.42 bits per heavy atom. The maximum absolute atomic E-state index is 13.1. The number of halogens is 1. The average Bonchev–Trinajstić information content (AvgIpc) is 3.39. The van der Waals surface area contributed by atoms with Crippen LogP contribution in [-0.2, 0) is 4.79 Å². The molecule has 6 heteroatoms. The largest absolute Gasteiger partial charge is 0.398 e. The molecule has 2 aromatic carbocycles. The number of nitrogens with two attached hydrogens (primary N) is 2. The van der Waals surface area contributed by atoms with Crippen molar-refractivity contribution in [2.75, 3.05) is 18.5 Å². The van der Waals surface area contributed by atoms with Gasteiger partial charge in [-0.25, -0.2) is 9.38 Å². The van der Waals surface area contributed by atoms with Crippen LogP contribution in [0.25, 0.3) is 0 Å². The molecule has 124 valence electrons. The molecular weight excluding hydrogens is 307 g/mol. The Morgan fingerprint density at radius 2 is 1.83 bits per heavy atom. The fraction of sp³-hybridized carbons (Fsp3) is 0.222. The minimum Gasteiger partial charge on any atom is -0.398 e. The minimum atomic E-state index is -0.363. The van der Waals surface area contributed by atoms with E-state index in [0.29, 0.717) is 28.5 Å². The van der Waals surface area contributed by atoms with E-state index in [2.05, 4.69) is 10.3 Å². The number of rotatable bonds is 4. The molecule has 0 heterocycles. The molecule has 3 rings (SSSR count). The SMILES string of the molecule is CNC(=O)C(=Nc1ccc(F)cc1)c1cc(C2CC2)c(N)cc1N. The highest BCUT2D eigenvalue weighted by Gasteiger charge is 2.28. The Kier molecular flexibility index (Phi) is 4.20. The van der Waals surface area contributed by atoms with E-state index in [-0.39, 0.29) is 17.4 Å². The average molecular weight is 326 g/mol. The maximum Gasteiger partial charge on any atom is 0.270 e. The van der Waals surface area contributed by atoms with Gasteiger partial charge in [-0.1, -0.05) is 0 Å². The van der Waals surface area contributed by atoms with Gasteiger partial charge in [0.15, 0.2) is 0 Å². The first-order chi connectivity index (χ1) is 11.5. The number of hydrogen-bond donors (Lipinski definition) is 3. The second-order valence-corrected chi connectivity index (χ2v) is 5.86. The number of likely N-dealkylation sites (N-methyl/N-ethyl adjacent to an activating group) is 1. The number of carbonyl (C=O) groups is 1. The van der Waals surface area contributed by atoms with Gasteiger partial charge < -0.3 is 16.8 Å². The first kappa shape index (κ1) is 16.0. The third kappa shape index (κ3) is 3.22. The summed E-state index contributed by atoms with van der Waals surface area (Å²) in [5.41, 5.74) is 15.3. The second kappa shape index (κ2) is 6.31. The van der Waals surface area contributed by atoms with Crippen molar-refractivity contribution in [2.45, 2.75) is 18.8 Å². The minimum absolute atomic E-state index is 0.184. The summed E-state index contributed by atoms with van der Waals surface area (Å²) < 4.78 is 13.1. The number of nitrogen functional groups attached to an aromatic ring is 2. The summed E-state index contributed by atoms with van der Waals surface area (Å²) in [6, 6.07) is 9.12. The van der Waals surface area contributed by atoms with Crippen LogP contribution in [0.4, 0.5) is 21.5 Å². The summed E-state index contributed by atoms with van der Waals surface area (Å²) in [6.45, 7) is 0. The number of nitrogens with one attached hydrogen (secondary N) is 1. The van der Waals surface area contributed by atoms with Crippen LogP contribution in [0.15, 0.2) is 41.4 Å². The fourth-order valence-corrected chi connectivity index (χ4v) is 2.60. The zero-order chi connectivity index (χ0) is 17.3. The number of amides is 1. The van der Waals surface area contributed by atoms with Gasteiger partial charge in [0.1, 0.15) is 11.5 Å². The monoisotopic (exact) mass is 326 g/mol. The molecule has 0 bridgehead atoms. The summed E-state index contributed by atoms with van der Waals surface area (Å²) >= 11 is 0. The van der Waals surface area contributed by atoms with Crippen LogP contribution in [0.5, 0.6) is 0 Å². The smallest absolute Gasteiger partial charge is 0.270 e. The first-order valence-electron chi connectivity index (χ1n) is 7.75. The Morgan fingerprint density at radius 1 is 1.17 bits per heavy atom. The van der Waals surface area contributed by atoms with Crippen LogP contribution < -0.4 is 16.8 Å². The lowest BCUT2D eigenvalue weighted by Crippen LogP contribution is -2.29. The van der Waals surface area contributed by atoms with Crippen LogP contribution in [0, 0.1) is 5.82 Å². The molecule has 0 atom stereocenters. The van der Waals surface area contributed by atoms with Gasteiger partial charge in [0.05, 0.1) is 5.69 Å². The van der Waals surface area contributed by atoms with E-state index >= 15 is 0 Å². The van der Waals surface area contributed by atoms with Crippen molar-refractivity contribution >= 4 is 28.7 Å². The van der Waals surface area contributed by atoms with Gasteiger partial charge in [-0.3, -0.25) is 4.79 Å². The maximum atomic E-state index is 13.1. The van der Waals surface area contributed by atoms with E-state index in [1.807, 2.05) is 6.07 Å². The Labute approximate surface area is 139 Å². The molecule has 0 saturated heterocycles. The number of carbonyl (C=O) groups excluding carboxylic acids is 1. The van der Waals surface area contributed by atoms with Gasteiger partial charge >= 0.3 is 0 Å². The standard InChI is InChI=1S/C18H19FN4O/c1-22-18(24)17(23-12-6-4-11(19)5-7-12)14-8-13(10-2-3-10)15(20)9-16(14)21/h4-10H,2-3,20-21H2,1H3,(H,22,24). The number of hydrogen-bond acceptors (Lipinski definition) is 4. The summed E-state index contributed by atoms with van der Waals surface area (Å²) in [6.07, 6.45) is 2.16. The summed E-state index contributed by atoms with van der Waals surface area (Å²) in [7, 11) is 1.53. The number of aliphatic imine (C=N–C) groups is 1. The predicted octanol–water partition coefficient (Wildman–Crippen LogP) is 2.73. The molecule has 0 radical (unpaired) electrons. The highest BCUT2D eigenvalue weighted by molar-refractivity contribution is 6.46. The molecule has 2 aromatic rings. The molecule has 0 aliphatic heterocycles. The zero-order valence-electron chi connectivity index (χ0n) is 13.3. The molecule has 1 aliphatic rings. The van der Waals surface area contributed by atoms with Crippen molar-refractivity contribution in [3.63, 3.8) is 0 Å². The van der Waals surface area contributed by atoms with Crippen molar-refractivity contribution in [1.82, 2.24) is 5.32 Å². The molecular formula is C18H19FN4O. The third-order valence-corrected chi connectivity index (χ3v) is 4.04. The molecule has 0 spiro atoms. The van der Waals surface area contributed by atoms with Crippen molar-refractivity contribution in [3.05, 3.63) is 53.3 Å². The lowest BCUT2D eigenvalue weighted by atomic mass is 9.99. The van der Waals surface area contributed by atoms with Gasteiger partial charge in [-0.2, -0.15) is 0 Å². The van der Waals surface area contributed by atoms with E-state index < -0.39 is 0 Å². The van der Waals surface area contributed by atoms with Crippen molar-refractivity contribution in [2.24, 2.45) is 4.99 Å². The fourth-order valence-electron chi connectivity index (χ4n) is 2.60. The van der Waals surface area contributed by atoms with E-state index in [1.54, 1.807) is 6.07 Å². The van der Waals surface area contributed by atoms with E-state index in [4.69, 9.17) is 11.5 Å². The van der Waals surface area contributed by atoms with E-state index in [1.165, 1.54) is 31.3 Å². The Bertz CT molecular complexity index is 811. The number of anilines is 2. The van der Waals surface area contributed by atoms with Crippen LogP contribution in [-0.4, -0.2) is 18.7 Å². The quantitative estimate of drug-likeness (QED) is 0.595. The highest BCUT2D eigenvalue weighted by Crippen LogP contribution is 2.44. The third-order valence-electron chi connectivity index (χ3n) is 4.04. The highest BCUT2D eigenvalue weighted by atomic mass is 19.1. The number of nitrogens with zero attached hydrogens (tertiary/aromatic N) is 1. The Balaban J connectivity index is 2.11. The van der Waals surface area contributed by atoms with Crippen LogP contribution >= 0.6 is 0 Å². The van der Waals surface area contributed by atoms with Gasteiger partial charge in [0, 0.05) is 24.0 Å². The lowest BCUT2D eigenvalue weighted by molar-refractivity contribution is -0.114. The predicted molar refractivity (Wildman–Crippen MR) is 93.9 cm³/mol. The van der Waals surface area contributed by atoms with Gasteiger partial charge in [-0.15, -0.1) is 0 Å². The van der Waals surface area contributed by atoms with E-state index in [9.17, 15) is 9.18 Å². The molecule has 1 saturated carbocycles. The normalized spacial score (nSPS) is 14.5. The van der Waals surface area contributed by atoms with E-state index in [0.717, 1.165) is 18.4 Å². The van der Waals surface area contributed by atoms with Crippen molar-refractivity contribution in [1.29, 1.82) is 0 Å². The summed E-state index contributed by atoms with van der Waals surface area (Å²) in [5, 5.41) is 2.57. The molecule has 24 heavy (non-hydrogen) atoms. The Hall–Kier alpha value is -2.89. The topological polar surface area (TPSA) is 93.5 Å². The second-order valence-electron chi connectivity index (χ2n) is 5.86. The lowest BCUT2D eigenvalue weighted by Gasteiger charge is -2.13. The molecule has 5 N–H and O–H groups in total. The molecule has 1 aliphatic carbocycles. The van der Waals surface area contributed by atoms with Gasteiger partial charge in [0.2, 0.25) is 0 Å². The zero-order valence-corrected chi connectivity index (χ0v) is 13.3. The van der Waals surface area contributed by atoms with Gasteiger partial charge in [-0.05, 0) is 60.7 Å². The summed E-state index contributed by atoms with van der Waals surface area (Å²) in [4.78, 5) is 16.7. The number of benzene rings is 2. The molecule has 5 nitrogen and oxygen atoms in total. The van der Waals surface area contributed by atoms with Crippen LogP contribution in [0.3, 0.4) is 0 Å². The van der Waals surface area contributed by atoms with Gasteiger partial charge in [0.25, 0.3) is 5.91 Å². The molecule has 0 unspecified atom stereocenters. The summed E-state index contributed by atoms with van der Waals surface area (Å²) in [5.74, 6) is -0.308. The molecule has 1 amide bonds. The first-order valence-corrected chi connectivity index (χ1v) is 7.75.